The predicted molar refractivity (Wildman–Crippen MR) is 124 cm³/mol. The summed E-state index contributed by atoms with van der Waals surface area (Å²) in [4.78, 5) is 58.7. The monoisotopic (exact) mass is 459 g/mol. The molecule has 1 atom stereocenters. The van der Waals surface area contributed by atoms with E-state index in [-0.39, 0.29) is 51.4 Å². The number of ketones is 3. The van der Waals surface area contributed by atoms with Gasteiger partial charge in [0.2, 0.25) is 5.78 Å². The van der Waals surface area contributed by atoms with Gasteiger partial charge < -0.3 is 27.3 Å². The zero-order valence-electron chi connectivity index (χ0n) is 18.1. The molecule has 0 spiro atoms. The summed E-state index contributed by atoms with van der Waals surface area (Å²) < 4.78 is 0. The molecule has 0 fully saturated rings. The van der Waals surface area contributed by atoms with Crippen LogP contribution in [-0.2, 0) is 4.79 Å². The summed E-state index contributed by atoms with van der Waals surface area (Å²) in [5, 5.41) is 9.79. The molecule has 1 aliphatic carbocycles. The molecule has 1 unspecified atom stereocenters. The number of nitrogens with two attached hydrogens (primary N) is 3. The number of imidazole rings is 1. The third-order valence-corrected chi connectivity index (χ3v) is 5.76. The van der Waals surface area contributed by atoms with Gasteiger partial charge in [-0.05, 0) is 43.3 Å². The van der Waals surface area contributed by atoms with E-state index < -0.39 is 28.7 Å². The maximum atomic E-state index is 13.9. The third-order valence-electron chi connectivity index (χ3n) is 5.76. The highest BCUT2D eigenvalue weighted by Gasteiger charge is 2.46. The molecule has 172 valence electrons. The van der Waals surface area contributed by atoms with Crippen LogP contribution < -0.4 is 17.2 Å². The Hall–Kier alpha value is -4.73. The van der Waals surface area contributed by atoms with Crippen LogP contribution in [0.5, 0.6) is 0 Å². The maximum absolute atomic E-state index is 13.9. The summed E-state index contributed by atoms with van der Waals surface area (Å²) in [6.07, 6.45) is 2.55. The third kappa shape index (κ3) is 3.60. The number of benzene rings is 2. The van der Waals surface area contributed by atoms with Crippen LogP contribution in [0.25, 0.3) is 11.0 Å². The number of anilines is 1. The highest BCUT2D eigenvalue weighted by molar-refractivity contribution is 6.23. The lowest BCUT2D eigenvalue weighted by molar-refractivity contribution is -0.122. The first-order chi connectivity index (χ1) is 16.0. The maximum Gasteiger partial charge on any atom is 0.336 e. The van der Waals surface area contributed by atoms with Crippen molar-refractivity contribution in [1.29, 1.82) is 0 Å². The zero-order valence-corrected chi connectivity index (χ0v) is 18.1. The number of hydrogen-bond acceptors (Lipinski definition) is 8. The van der Waals surface area contributed by atoms with Crippen molar-refractivity contribution < 1.29 is 24.3 Å². The van der Waals surface area contributed by atoms with Gasteiger partial charge in [-0.25, -0.2) is 9.78 Å². The molecule has 4 rings (SSSR count). The highest BCUT2D eigenvalue weighted by Crippen LogP contribution is 2.38. The van der Waals surface area contributed by atoms with E-state index in [0.29, 0.717) is 5.69 Å². The predicted octanol–water partition coefficient (Wildman–Crippen LogP) is 1.92. The second-order valence-electron chi connectivity index (χ2n) is 8.13. The topological polar surface area (TPSA) is 195 Å². The second kappa shape index (κ2) is 8.00. The van der Waals surface area contributed by atoms with Crippen LogP contribution in [0.2, 0.25) is 0 Å². The van der Waals surface area contributed by atoms with E-state index in [4.69, 9.17) is 17.2 Å². The molecule has 0 aliphatic heterocycles. The number of aromatic carboxylic acids is 1. The van der Waals surface area contributed by atoms with Crippen molar-refractivity contribution in [2.45, 2.75) is 13.3 Å². The summed E-state index contributed by atoms with van der Waals surface area (Å²) in [6, 6.07) is 8.87. The average molecular weight is 459 g/mol. The van der Waals surface area contributed by atoms with Gasteiger partial charge in [-0.1, -0.05) is 12.1 Å². The summed E-state index contributed by atoms with van der Waals surface area (Å²) in [5.74, 6) is -3.40. The summed E-state index contributed by atoms with van der Waals surface area (Å²) in [7, 11) is 0. The lowest BCUT2D eigenvalue weighted by atomic mass is 9.70. The van der Waals surface area contributed by atoms with Crippen LogP contribution >= 0.6 is 0 Å². The minimum Gasteiger partial charge on any atom is -0.478 e. The van der Waals surface area contributed by atoms with Crippen LogP contribution in [0.15, 0.2) is 59.9 Å². The van der Waals surface area contributed by atoms with Crippen LogP contribution in [0, 0.1) is 5.41 Å². The fraction of sp³-hybridized carbons (Fsp3) is 0.125. The Morgan fingerprint density at radius 2 is 1.82 bits per heavy atom. The van der Waals surface area contributed by atoms with Crippen molar-refractivity contribution in [3.63, 3.8) is 0 Å². The molecule has 1 aromatic heterocycles. The van der Waals surface area contributed by atoms with Gasteiger partial charge in [0, 0.05) is 29.1 Å². The first-order valence-electron chi connectivity index (χ1n) is 10.2. The van der Waals surface area contributed by atoms with E-state index in [2.05, 4.69) is 9.97 Å². The van der Waals surface area contributed by atoms with E-state index in [1.807, 2.05) is 0 Å². The molecule has 1 aliphatic rings. The first-order valence-corrected chi connectivity index (χ1v) is 10.2. The molecule has 1 heterocycles. The molecule has 0 saturated heterocycles. The SMILES string of the molecule is CC(=O)C1(C(=O)c2c(C(=O)O)ccc3[nH]c(C(=O)c4cccc(N)c4)nc23)C=C(N)C=C(N)C1. The van der Waals surface area contributed by atoms with Crippen molar-refractivity contribution in [3.05, 3.63) is 82.5 Å². The Morgan fingerprint density at radius 1 is 1.09 bits per heavy atom. The highest BCUT2D eigenvalue weighted by atomic mass is 16.4. The zero-order chi connectivity index (χ0) is 24.8. The van der Waals surface area contributed by atoms with Crippen molar-refractivity contribution in [2.75, 3.05) is 5.73 Å². The van der Waals surface area contributed by atoms with Crippen LogP contribution in [0.4, 0.5) is 5.69 Å². The number of Topliss-reactive ketones (excluding diaryl/α,β-unsaturated/α-hetero) is 2. The number of carboxylic acids is 1. The number of H-pyrrole nitrogens is 1. The van der Waals surface area contributed by atoms with Gasteiger partial charge in [0.25, 0.3) is 0 Å². The van der Waals surface area contributed by atoms with Crippen molar-refractivity contribution >= 4 is 40.0 Å². The number of aromatic amines is 1. The molecule has 0 bridgehead atoms. The average Bonchev–Trinajstić information content (AvgIpc) is 3.20. The lowest BCUT2D eigenvalue weighted by Crippen LogP contribution is -2.41. The van der Waals surface area contributed by atoms with Crippen LogP contribution in [-0.4, -0.2) is 38.4 Å². The number of aromatic nitrogens is 2. The number of hydrogen-bond donors (Lipinski definition) is 5. The number of rotatable bonds is 6. The summed E-state index contributed by atoms with van der Waals surface area (Å²) in [6.45, 7) is 1.21. The quantitative estimate of drug-likeness (QED) is 0.208. The number of nitrogens with one attached hydrogen (secondary N) is 1. The van der Waals surface area contributed by atoms with E-state index in [1.54, 1.807) is 18.2 Å². The Bertz CT molecular complexity index is 1470. The molecule has 8 N–H and O–H groups in total. The minimum absolute atomic E-state index is 0.0575. The molecular formula is C24H21N5O5. The standard InChI is InChI=1S/C24H21N5O5/c1-11(30)24(9-14(26)8-15(27)10-24)21(32)18-16(23(33)34)5-6-17-19(18)29-22(28-17)20(31)12-3-2-4-13(25)7-12/h2-9H,10,25-27H2,1H3,(H,28,29)(H,33,34). The summed E-state index contributed by atoms with van der Waals surface area (Å²) in [5.41, 5.74) is 16.2. The minimum atomic E-state index is -1.81. The van der Waals surface area contributed by atoms with E-state index >= 15 is 0 Å². The molecule has 0 saturated carbocycles. The van der Waals surface area contributed by atoms with Crippen molar-refractivity contribution in [3.8, 4) is 0 Å². The number of fused-ring (bicyclic) bond motifs is 1. The molecule has 0 radical (unpaired) electrons. The number of nitrogens with zero attached hydrogens (tertiary/aromatic N) is 1. The van der Waals surface area contributed by atoms with Crippen LogP contribution in [0.1, 0.15) is 50.2 Å². The van der Waals surface area contributed by atoms with Crippen LogP contribution in [0.3, 0.4) is 0 Å². The van der Waals surface area contributed by atoms with E-state index in [1.165, 1.54) is 37.3 Å². The number of allylic oxidation sites excluding steroid dienone is 3. The molecule has 10 nitrogen and oxygen atoms in total. The van der Waals surface area contributed by atoms with Gasteiger partial charge >= 0.3 is 5.97 Å². The van der Waals surface area contributed by atoms with Gasteiger partial charge in [-0.2, -0.15) is 0 Å². The van der Waals surface area contributed by atoms with Gasteiger partial charge in [0.05, 0.1) is 16.6 Å². The van der Waals surface area contributed by atoms with Crippen molar-refractivity contribution in [1.82, 2.24) is 9.97 Å². The van der Waals surface area contributed by atoms with E-state index in [9.17, 15) is 24.3 Å². The number of nitrogen functional groups attached to an aromatic ring is 1. The van der Waals surface area contributed by atoms with E-state index in [0.717, 1.165) is 0 Å². The van der Waals surface area contributed by atoms with Crippen molar-refractivity contribution in [2.24, 2.45) is 16.9 Å². The Balaban J connectivity index is 1.94. The fourth-order valence-electron chi connectivity index (χ4n) is 4.13. The molecule has 2 aromatic carbocycles. The van der Waals surface area contributed by atoms with Gasteiger partial charge in [-0.15, -0.1) is 0 Å². The number of carbonyl (C=O) groups excluding carboxylic acids is 3. The van der Waals surface area contributed by atoms with Gasteiger partial charge in [0.15, 0.2) is 11.6 Å². The number of carboxylic acid groups (broad SMARTS) is 1. The molecule has 0 amide bonds. The molecule has 3 aromatic rings. The second-order valence-corrected chi connectivity index (χ2v) is 8.13. The fourth-order valence-corrected chi connectivity index (χ4v) is 4.13. The summed E-state index contributed by atoms with van der Waals surface area (Å²) >= 11 is 0. The molecular weight excluding hydrogens is 438 g/mol. The number of carbonyl (C=O) groups is 4. The Kier molecular flexibility index (Phi) is 5.28. The van der Waals surface area contributed by atoms with Gasteiger partial charge in [-0.3, -0.25) is 14.4 Å². The Labute approximate surface area is 193 Å². The smallest absolute Gasteiger partial charge is 0.336 e. The normalized spacial score (nSPS) is 17.7. The molecule has 10 heteroatoms. The first kappa shape index (κ1) is 22.5. The molecule has 34 heavy (non-hydrogen) atoms. The van der Waals surface area contributed by atoms with Gasteiger partial charge in [0.1, 0.15) is 16.7 Å². The largest absolute Gasteiger partial charge is 0.478 e. The Morgan fingerprint density at radius 3 is 2.44 bits per heavy atom. The lowest BCUT2D eigenvalue weighted by Gasteiger charge is -2.30.